The molecule has 28 heavy (non-hydrogen) atoms. The molecule has 0 saturated heterocycles. The molecule has 0 amide bonds. The Morgan fingerprint density at radius 2 is 1.75 bits per heavy atom. The first-order valence-electron chi connectivity index (χ1n) is 7.98. The van der Waals surface area contributed by atoms with E-state index in [9.17, 15) is 22.4 Å². The van der Waals surface area contributed by atoms with Gasteiger partial charge >= 0.3 is 0 Å². The number of nitrogens with zero attached hydrogens (tertiary/aromatic N) is 3. The van der Waals surface area contributed by atoms with Crippen LogP contribution in [0.1, 0.15) is 11.3 Å². The van der Waals surface area contributed by atoms with Gasteiger partial charge in [-0.1, -0.05) is 0 Å². The van der Waals surface area contributed by atoms with Gasteiger partial charge in [-0.2, -0.15) is 10.1 Å². The third kappa shape index (κ3) is 3.95. The monoisotopic (exact) mass is 394 g/mol. The number of nitrogens with one attached hydrogen (secondary N) is 1. The first kappa shape index (κ1) is 19.3. The van der Waals surface area contributed by atoms with Crippen molar-refractivity contribution in [1.82, 2.24) is 14.8 Å². The summed E-state index contributed by atoms with van der Waals surface area (Å²) in [5.74, 6) is -4.81. The summed E-state index contributed by atoms with van der Waals surface area (Å²) in [6.07, 6.45) is 0. The van der Waals surface area contributed by atoms with Gasteiger partial charge in [0, 0.05) is 6.07 Å². The van der Waals surface area contributed by atoms with E-state index in [0.29, 0.717) is 5.75 Å². The maximum absolute atomic E-state index is 14.1. The van der Waals surface area contributed by atoms with Gasteiger partial charge in [0.25, 0.3) is 5.56 Å². The van der Waals surface area contributed by atoms with Crippen molar-refractivity contribution in [3.05, 3.63) is 75.2 Å². The predicted molar refractivity (Wildman–Crippen MR) is 92.7 cm³/mol. The number of benzene rings is 2. The van der Waals surface area contributed by atoms with Crippen LogP contribution in [0.15, 0.2) is 35.1 Å². The van der Waals surface area contributed by atoms with Crippen molar-refractivity contribution >= 4 is 11.6 Å². The fourth-order valence-electron chi connectivity index (χ4n) is 2.43. The van der Waals surface area contributed by atoms with Crippen LogP contribution in [0.3, 0.4) is 0 Å². The largest absolute Gasteiger partial charge is 0.497 e. The number of ether oxygens (including phenoxy) is 1. The van der Waals surface area contributed by atoms with Crippen LogP contribution in [0, 0.1) is 30.2 Å². The average Bonchev–Trinajstić information content (AvgIpc) is 2.65. The Morgan fingerprint density at radius 3 is 2.39 bits per heavy atom. The lowest BCUT2D eigenvalue weighted by molar-refractivity contribution is 0.414. The van der Waals surface area contributed by atoms with Crippen LogP contribution >= 0.6 is 0 Å². The number of hydrogen-bond acceptors (Lipinski definition) is 5. The van der Waals surface area contributed by atoms with Crippen LogP contribution in [0.25, 0.3) is 0 Å². The molecule has 1 N–H and O–H groups in total. The molecule has 146 valence electrons. The number of anilines is 2. The van der Waals surface area contributed by atoms with E-state index in [2.05, 4.69) is 15.4 Å². The normalized spacial score (nSPS) is 10.8. The Kier molecular flexibility index (Phi) is 5.30. The fraction of sp³-hybridized carbons (Fsp3) is 0.167. The van der Waals surface area contributed by atoms with E-state index in [0.717, 1.165) is 22.9 Å². The Morgan fingerprint density at radius 1 is 1.07 bits per heavy atom. The molecule has 0 radical (unpaired) electrons. The topological polar surface area (TPSA) is 69.0 Å². The zero-order valence-corrected chi connectivity index (χ0v) is 14.8. The van der Waals surface area contributed by atoms with Crippen molar-refractivity contribution in [3.63, 3.8) is 0 Å². The molecule has 0 atom stereocenters. The summed E-state index contributed by atoms with van der Waals surface area (Å²) >= 11 is 0. The molecule has 0 fully saturated rings. The SMILES string of the molecule is COc1ccc(F)c(Nc2nc(=O)c(C)nn2Cc2cc(F)c(F)c(F)c2)c1. The number of methoxy groups -OCH3 is 1. The molecule has 0 saturated carbocycles. The number of rotatable bonds is 5. The molecular weight excluding hydrogens is 380 g/mol. The molecule has 0 unspecified atom stereocenters. The summed E-state index contributed by atoms with van der Waals surface area (Å²) in [5, 5.41) is 6.62. The average molecular weight is 394 g/mol. The van der Waals surface area contributed by atoms with Gasteiger partial charge in [0.1, 0.15) is 17.3 Å². The molecule has 0 aliphatic heterocycles. The van der Waals surface area contributed by atoms with Gasteiger partial charge in [-0.3, -0.25) is 4.79 Å². The standard InChI is InChI=1S/C18H14F4N4O2/c1-9-17(27)24-18(23-15-7-11(28-2)3-4-12(15)19)26(25-9)8-10-5-13(20)16(22)14(21)6-10/h3-7H,8H2,1-2H3,(H,23,24,27). The van der Waals surface area contributed by atoms with Gasteiger partial charge in [-0.25, -0.2) is 22.2 Å². The smallest absolute Gasteiger partial charge is 0.296 e. The highest BCUT2D eigenvalue weighted by Crippen LogP contribution is 2.24. The lowest BCUT2D eigenvalue weighted by atomic mass is 10.2. The van der Waals surface area contributed by atoms with Crippen molar-refractivity contribution < 1.29 is 22.3 Å². The minimum atomic E-state index is -1.59. The van der Waals surface area contributed by atoms with E-state index in [4.69, 9.17) is 4.74 Å². The Hall–Kier alpha value is -3.43. The second kappa shape index (κ2) is 7.67. The molecule has 0 aliphatic rings. The van der Waals surface area contributed by atoms with Gasteiger partial charge in [0.2, 0.25) is 5.95 Å². The predicted octanol–water partition coefficient (Wildman–Crippen LogP) is 3.30. The van der Waals surface area contributed by atoms with E-state index in [-0.39, 0.29) is 29.4 Å². The number of halogens is 4. The first-order chi connectivity index (χ1) is 13.3. The number of aromatic nitrogens is 3. The van der Waals surface area contributed by atoms with Crippen LogP contribution in [-0.4, -0.2) is 21.9 Å². The summed E-state index contributed by atoms with van der Waals surface area (Å²) < 4.78 is 60.3. The molecule has 1 aromatic heterocycles. The molecule has 0 bridgehead atoms. The lowest BCUT2D eigenvalue weighted by Crippen LogP contribution is -2.23. The minimum absolute atomic E-state index is 0.0136. The molecule has 2 aromatic carbocycles. The third-order valence-corrected chi connectivity index (χ3v) is 3.83. The first-order valence-corrected chi connectivity index (χ1v) is 7.98. The maximum atomic E-state index is 14.1. The summed E-state index contributed by atoms with van der Waals surface area (Å²) in [6, 6.07) is 5.48. The van der Waals surface area contributed by atoms with Crippen LogP contribution in [0.4, 0.5) is 29.2 Å². The molecule has 0 spiro atoms. The van der Waals surface area contributed by atoms with Gasteiger partial charge in [-0.05, 0) is 36.8 Å². The van der Waals surface area contributed by atoms with E-state index in [1.54, 1.807) is 0 Å². The quantitative estimate of drug-likeness (QED) is 0.531. The van der Waals surface area contributed by atoms with E-state index in [1.165, 1.54) is 26.2 Å². The summed E-state index contributed by atoms with van der Waals surface area (Å²) in [5.41, 5.74) is -0.678. The van der Waals surface area contributed by atoms with Gasteiger partial charge < -0.3 is 10.1 Å². The third-order valence-electron chi connectivity index (χ3n) is 3.83. The van der Waals surface area contributed by atoms with Gasteiger partial charge in [-0.15, -0.1) is 0 Å². The van der Waals surface area contributed by atoms with Crippen molar-refractivity contribution in [3.8, 4) is 5.75 Å². The summed E-state index contributed by atoms with van der Waals surface area (Å²) in [4.78, 5) is 15.7. The lowest BCUT2D eigenvalue weighted by Gasteiger charge is -2.14. The second-order valence-electron chi connectivity index (χ2n) is 5.83. The van der Waals surface area contributed by atoms with Gasteiger partial charge in [0.15, 0.2) is 17.5 Å². The zero-order valence-electron chi connectivity index (χ0n) is 14.8. The highest BCUT2D eigenvalue weighted by molar-refractivity contribution is 5.57. The Labute approximate surface area is 156 Å². The fourth-order valence-corrected chi connectivity index (χ4v) is 2.43. The Bertz CT molecular complexity index is 1080. The molecule has 3 aromatic rings. The van der Waals surface area contributed by atoms with Crippen LogP contribution in [0.5, 0.6) is 5.75 Å². The summed E-state index contributed by atoms with van der Waals surface area (Å²) in [7, 11) is 1.40. The molecule has 1 heterocycles. The van der Waals surface area contributed by atoms with Crippen molar-refractivity contribution in [1.29, 1.82) is 0 Å². The number of hydrogen-bond donors (Lipinski definition) is 1. The Balaban J connectivity index is 2.03. The zero-order chi connectivity index (χ0) is 20.4. The molecule has 0 aliphatic carbocycles. The highest BCUT2D eigenvalue weighted by atomic mass is 19.2. The molecule has 10 heteroatoms. The second-order valence-corrected chi connectivity index (χ2v) is 5.83. The minimum Gasteiger partial charge on any atom is -0.497 e. The van der Waals surface area contributed by atoms with Crippen molar-refractivity contribution in [2.75, 3.05) is 12.4 Å². The molecular formula is C18H14F4N4O2. The van der Waals surface area contributed by atoms with E-state index in [1.807, 2.05) is 0 Å². The van der Waals surface area contributed by atoms with Crippen molar-refractivity contribution in [2.24, 2.45) is 0 Å². The van der Waals surface area contributed by atoms with Crippen LogP contribution < -0.4 is 15.6 Å². The molecule has 6 nitrogen and oxygen atoms in total. The van der Waals surface area contributed by atoms with Crippen molar-refractivity contribution in [2.45, 2.75) is 13.5 Å². The van der Waals surface area contributed by atoms with Crippen LogP contribution in [-0.2, 0) is 6.54 Å². The maximum Gasteiger partial charge on any atom is 0.296 e. The van der Waals surface area contributed by atoms with E-state index >= 15 is 0 Å². The molecule has 3 rings (SSSR count). The highest BCUT2D eigenvalue weighted by Gasteiger charge is 2.15. The van der Waals surface area contributed by atoms with Crippen LogP contribution in [0.2, 0.25) is 0 Å². The van der Waals surface area contributed by atoms with Gasteiger partial charge in [0.05, 0.1) is 19.3 Å². The summed E-state index contributed by atoms with van der Waals surface area (Å²) in [6.45, 7) is 1.14. The van der Waals surface area contributed by atoms with E-state index < -0.39 is 28.8 Å². The number of aryl methyl sites for hydroxylation is 1.